The third-order valence-corrected chi connectivity index (χ3v) is 4.48. The maximum absolute atomic E-state index is 5.82. The summed E-state index contributed by atoms with van der Waals surface area (Å²) >= 11 is 2.25. The largest absolute Gasteiger partial charge is 0.352 e. The summed E-state index contributed by atoms with van der Waals surface area (Å²) in [6, 6.07) is 6.36. The van der Waals surface area contributed by atoms with E-state index < -0.39 is 0 Å². The van der Waals surface area contributed by atoms with Crippen LogP contribution in [0.5, 0.6) is 0 Å². The maximum Gasteiger partial charge on any atom is 0.147 e. The van der Waals surface area contributed by atoms with Crippen LogP contribution in [0.25, 0.3) is 22.2 Å². The smallest absolute Gasteiger partial charge is 0.147 e. The number of aromatic nitrogens is 4. The molecule has 2 aromatic heterocycles. The molecule has 0 spiro atoms. The number of H-pyrrole nitrogens is 1. The number of aromatic amines is 1. The highest BCUT2D eigenvalue weighted by atomic mass is 127. The molecule has 0 bridgehead atoms. The van der Waals surface area contributed by atoms with Gasteiger partial charge in [0.25, 0.3) is 0 Å². The van der Waals surface area contributed by atoms with Crippen LogP contribution in [0.2, 0.25) is 0 Å². The zero-order valence-corrected chi connectivity index (χ0v) is 13.3. The summed E-state index contributed by atoms with van der Waals surface area (Å²) in [5.41, 5.74) is 8.69. The Balaban J connectivity index is 1.74. The summed E-state index contributed by atoms with van der Waals surface area (Å²) in [7, 11) is 0. The molecule has 0 saturated carbocycles. The first kappa shape index (κ1) is 13.0. The van der Waals surface area contributed by atoms with Crippen molar-refractivity contribution in [3.63, 3.8) is 0 Å². The number of anilines is 1. The average Bonchev–Trinajstić information content (AvgIpc) is 2.85. The zero-order chi connectivity index (χ0) is 14.4. The van der Waals surface area contributed by atoms with Gasteiger partial charge < -0.3 is 10.6 Å². The molecule has 0 radical (unpaired) electrons. The van der Waals surface area contributed by atoms with Crippen molar-refractivity contribution in [3.05, 3.63) is 34.3 Å². The molecule has 1 aliphatic heterocycles. The first-order chi connectivity index (χ1) is 10.2. The molecule has 1 aromatic carbocycles. The fourth-order valence-corrected chi connectivity index (χ4v) is 3.04. The standard InChI is InChI=1S/C14H13IN6/c15-14-10-3-8(1-2-11(10)19-20-14)12-4-17-5-13(18-12)21-6-9(16)7-21/h1-5,9H,6-7,16H2,(H,19,20). The predicted octanol–water partition coefficient (Wildman–Crippen LogP) is 1.77. The van der Waals surface area contributed by atoms with E-state index in [2.05, 4.69) is 48.7 Å². The Morgan fingerprint density at radius 2 is 2.14 bits per heavy atom. The van der Waals surface area contributed by atoms with Gasteiger partial charge in [-0.25, -0.2) is 4.98 Å². The van der Waals surface area contributed by atoms with Crippen LogP contribution < -0.4 is 10.6 Å². The molecule has 106 valence electrons. The Bertz CT molecular complexity index is 808. The highest BCUT2D eigenvalue weighted by molar-refractivity contribution is 14.1. The van der Waals surface area contributed by atoms with Gasteiger partial charge >= 0.3 is 0 Å². The lowest BCUT2D eigenvalue weighted by Crippen LogP contribution is -2.56. The normalized spacial score (nSPS) is 15.4. The Morgan fingerprint density at radius 3 is 2.95 bits per heavy atom. The molecule has 0 unspecified atom stereocenters. The van der Waals surface area contributed by atoms with Crippen molar-refractivity contribution in [1.29, 1.82) is 0 Å². The van der Waals surface area contributed by atoms with E-state index in [0.29, 0.717) is 0 Å². The Kier molecular flexibility index (Phi) is 3.03. The van der Waals surface area contributed by atoms with E-state index in [1.807, 2.05) is 12.1 Å². The molecule has 3 aromatic rings. The minimum Gasteiger partial charge on any atom is -0.352 e. The quantitative estimate of drug-likeness (QED) is 0.650. The summed E-state index contributed by atoms with van der Waals surface area (Å²) in [6.07, 6.45) is 3.58. The van der Waals surface area contributed by atoms with Gasteiger partial charge in [-0.15, -0.1) is 0 Å². The first-order valence-corrected chi connectivity index (χ1v) is 7.75. The van der Waals surface area contributed by atoms with Gasteiger partial charge in [-0.3, -0.25) is 10.1 Å². The maximum atomic E-state index is 5.82. The first-order valence-electron chi connectivity index (χ1n) is 6.67. The van der Waals surface area contributed by atoms with E-state index in [4.69, 9.17) is 10.7 Å². The van der Waals surface area contributed by atoms with E-state index in [9.17, 15) is 0 Å². The Hall–Kier alpha value is -1.74. The van der Waals surface area contributed by atoms with Crippen molar-refractivity contribution >= 4 is 39.3 Å². The molecule has 3 N–H and O–H groups in total. The number of benzene rings is 1. The topological polar surface area (TPSA) is 83.7 Å². The summed E-state index contributed by atoms with van der Waals surface area (Å²) in [4.78, 5) is 11.1. The summed E-state index contributed by atoms with van der Waals surface area (Å²) in [6.45, 7) is 1.69. The third kappa shape index (κ3) is 2.26. The second-order valence-electron chi connectivity index (χ2n) is 5.20. The van der Waals surface area contributed by atoms with Gasteiger partial charge in [0.2, 0.25) is 0 Å². The molecule has 6 nitrogen and oxygen atoms in total. The minimum atomic E-state index is 0.249. The van der Waals surface area contributed by atoms with Crippen LogP contribution in [-0.4, -0.2) is 39.3 Å². The van der Waals surface area contributed by atoms with Crippen LogP contribution >= 0.6 is 22.6 Å². The lowest BCUT2D eigenvalue weighted by Gasteiger charge is -2.37. The van der Waals surface area contributed by atoms with Crippen LogP contribution in [0, 0.1) is 3.70 Å². The molecular formula is C14H13IN6. The molecule has 0 aliphatic carbocycles. The van der Waals surface area contributed by atoms with Gasteiger partial charge in [-0.2, -0.15) is 5.10 Å². The van der Waals surface area contributed by atoms with Gasteiger partial charge in [0.05, 0.1) is 23.6 Å². The second-order valence-corrected chi connectivity index (χ2v) is 6.28. The summed E-state index contributed by atoms with van der Waals surface area (Å²) in [5, 5.41) is 8.33. The van der Waals surface area contributed by atoms with Gasteiger partial charge in [-0.1, -0.05) is 6.07 Å². The lowest BCUT2D eigenvalue weighted by atomic mass is 10.1. The molecule has 3 heterocycles. The van der Waals surface area contributed by atoms with Gasteiger partial charge in [0.15, 0.2) is 0 Å². The third-order valence-electron chi connectivity index (χ3n) is 3.66. The SMILES string of the molecule is NC1CN(c2cncc(-c3ccc4n[nH]c(I)c4c3)n2)C1. The van der Waals surface area contributed by atoms with Crippen molar-refractivity contribution in [2.45, 2.75) is 6.04 Å². The van der Waals surface area contributed by atoms with E-state index in [-0.39, 0.29) is 6.04 Å². The number of rotatable bonds is 2. The fraction of sp³-hybridized carbons (Fsp3) is 0.214. The molecule has 21 heavy (non-hydrogen) atoms. The van der Waals surface area contributed by atoms with Crippen molar-refractivity contribution in [2.24, 2.45) is 5.73 Å². The van der Waals surface area contributed by atoms with Gasteiger partial charge in [0.1, 0.15) is 9.52 Å². The Labute approximate surface area is 134 Å². The van der Waals surface area contributed by atoms with Crippen LogP contribution in [0.15, 0.2) is 30.6 Å². The number of nitrogens with two attached hydrogens (primary N) is 1. The molecule has 1 fully saturated rings. The highest BCUT2D eigenvalue weighted by Gasteiger charge is 2.24. The fourth-order valence-electron chi connectivity index (χ4n) is 2.49. The predicted molar refractivity (Wildman–Crippen MR) is 90.0 cm³/mol. The second kappa shape index (κ2) is 4.92. The number of nitrogens with one attached hydrogen (secondary N) is 1. The van der Waals surface area contributed by atoms with Crippen molar-refractivity contribution in [2.75, 3.05) is 18.0 Å². The van der Waals surface area contributed by atoms with Crippen LogP contribution in [0.4, 0.5) is 5.82 Å². The van der Waals surface area contributed by atoms with Crippen molar-refractivity contribution < 1.29 is 0 Å². The van der Waals surface area contributed by atoms with E-state index >= 15 is 0 Å². The summed E-state index contributed by atoms with van der Waals surface area (Å²) < 4.78 is 1.03. The minimum absolute atomic E-state index is 0.249. The van der Waals surface area contributed by atoms with Crippen LogP contribution in [-0.2, 0) is 0 Å². The van der Waals surface area contributed by atoms with E-state index in [1.54, 1.807) is 12.4 Å². The lowest BCUT2D eigenvalue weighted by molar-refractivity contribution is 0.514. The molecular weight excluding hydrogens is 379 g/mol. The van der Waals surface area contributed by atoms with E-state index in [0.717, 1.165) is 44.8 Å². The monoisotopic (exact) mass is 392 g/mol. The zero-order valence-electron chi connectivity index (χ0n) is 11.1. The number of fused-ring (bicyclic) bond motifs is 1. The number of hydrogen-bond acceptors (Lipinski definition) is 5. The molecule has 0 amide bonds. The van der Waals surface area contributed by atoms with E-state index in [1.165, 1.54) is 0 Å². The summed E-state index contributed by atoms with van der Waals surface area (Å²) in [5.74, 6) is 0.885. The molecule has 1 saturated heterocycles. The molecule has 4 rings (SSSR count). The number of nitrogens with zero attached hydrogens (tertiary/aromatic N) is 4. The van der Waals surface area contributed by atoms with Crippen LogP contribution in [0.1, 0.15) is 0 Å². The number of halogens is 1. The average molecular weight is 392 g/mol. The van der Waals surface area contributed by atoms with Gasteiger partial charge in [0, 0.05) is 30.1 Å². The van der Waals surface area contributed by atoms with Crippen molar-refractivity contribution in [1.82, 2.24) is 20.2 Å². The van der Waals surface area contributed by atoms with Crippen LogP contribution in [0.3, 0.4) is 0 Å². The number of hydrogen-bond donors (Lipinski definition) is 2. The molecule has 0 atom stereocenters. The molecule has 1 aliphatic rings. The molecule has 7 heteroatoms. The van der Waals surface area contributed by atoms with Crippen molar-refractivity contribution in [3.8, 4) is 11.3 Å². The van der Waals surface area contributed by atoms with Gasteiger partial charge in [-0.05, 0) is 34.7 Å². The Morgan fingerprint density at radius 1 is 1.29 bits per heavy atom. The highest BCUT2D eigenvalue weighted by Crippen LogP contribution is 2.26.